The summed E-state index contributed by atoms with van der Waals surface area (Å²) in [6.45, 7) is 1.53. The monoisotopic (exact) mass is 300 g/mol. The zero-order valence-corrected chi connectivity index (χ0v) is 11.6. The van der Waals surface area contributed by atoms with Gasteiger partial charge in [-0.25, -0.2) is 0 Å². The van der Waals surface area contributed by atoms with Crippen molar-refractivity contribution in [2.24, 2.45) is 0 Å². The van der Waals surface area contributed by atoms with E-state index in [0.29, 0.717) is 11.1 Å². The van der Waals surface area contributed by atoms with E-state index in [1.54, 1.807) is 12.1 Å². The van der Waals surface area contributed by atoms with Crippen molar-refractivity contribution in [1.29, 1.82) is 0 Å². The van der Waals surface area contributed by atoms with E-state index in [0.717, 1.165) is 0 Å². The standard InChI is InChI=1S/C14H12N4O4/c1-9-7-10(4-5-12(9)18(21)22)13(19)16-17-14(20)11-3-2-6-15-8-11/h2-8H,1H3,(H,16,19)(H,17,20). The molecule has 0 bridgehead atoms. The zero-order chi connectivity index (χ0) is 16.1. The Bertz CT molecular complexity index is 731. The number of amides is 2. The van der Waals surface area contributed by atoms with E-state index in [2.05, 4.69) is 15.8 Å². The molecule has 0 radical (unpaired) electrons. The van der Waals surface area contributed by atoms with Crippen LogP contribution in [0, 0.1) is 17.0 Å². The number of nitro benzene ring substituents is 1. The summed E-state index contributed by atoms with van der Waals surface area (Å²) >= 11 is 0. The number of pyridine rings is 1. The molecule has 2 aromatic rings. The molecular weight excluding hydrogens is 288 g/mol. The Morgan fingerprint density at radius 3 is 2.36 bits per heavy atom. The van der Waals surface area contributed by atoms with Crippen molar-refractivity contribution in [2.75, 3.05) is 0 Å². The number of nitrogens with one attached hydrogen (secondary N) is 2. The van der Waals surface area contributed by atoms with Crippen molar-refractivity contribution < 1.29 is 14.5 Å². The minimum absolute atomic E-state index is 0.0732. The number of aryl methyl sites for hydroxylation is 1. The van der Waals surface area contributed by atoms with E-state index in [4.69, 9.17) is 0 Å². The number of hydrogen-bond acceptors (Lipinski definition) is 5. The molecule has 22 heavy (non-hydrogen) atoms. The van der Waals surface area contributed by atoms with Crippen molar-refractivity contribution in [3.05, 3.63) is 69.5 Å². The van der Waals surface area contributed by atoms with E-state index in [1.807, 2.05) is 0 Å². The molecule has 2 amide bonds. The van der Waals surface area contributed by atoms with Gasteiger partial charge in [-0.2, -0.15) is 0 Å². The zero-order valence-electron chi connectivity index (χ0n) is 11.6. The first-order valence-electron chi connectivity index (χ1n) is 6.25. The fraction of sp³-hybridized carbons (Fsp3) is 0.0714. The number of carbonyl (C=O) groups excluding carboxylic acids is 2. The van der Waals surface area contributed by atoms with Gasteiger partial charge in [-0.05, 0) is 31.2 Å². The molecule has 1 aromatic heterocycles. The van der Waals surface area contributed by atoms with Crippen LogP contribution in [0.5, 0.6) is 0 Å². The van der Waals surface area contributed by atoms with Crippen LogP contribution in [-0.4, -0.2) is 21.7 Å². The Labute approximate surface area is 125 Å². The molecule has 0 unspecified atom stereocenters. The average molecular weight is 300 g/mol. The Balaban J connectivity index is 2.02. The number of nitro groups is 1. The largest absolute Gasteiger partial charge is 0.272 e. The van der Waals surface area contributed by atoms with Gasteiger partial charge in [0.2, 0.25) is 0 Å². The van der Waals surface area contributed by atoms with Gasteiger partial charge >= 0.3 is 0 Å². The summed E-state index contributed by atoms with van der Waals surface area (Å²) in [5.74, 6) is -1.09. The number of rotatable bonds is 3. The normalized spacial score (nSPS) is 9.86. The fourth-order valence-corrected chi connectivity index (χ4v) is 1.76. The number of hydrazine groups is 1. The average Bonchev–Trinajstić information content (AvgIpc) is 2.52. The van der Waals surface area contributed by atoms with E-state index in [1.165, 1.54) is 37.5 Å². The van der Waals surface area contributed by atoms with Crippen LogP contribution in [0.4, 0.5) is 5.69 Å². The summed E-state index contributed by atoms with van der Waals surface area (Å²) < 4.78 is 0. The van der Waals surface area contributed by atoms with Gasteiger partial charge in [-0.1, -0.05) is 0 Å². The molecule has 2 rings (SSSR count). The van der Waals surface area contributed by atoms with Crippen molar-refractivity contribution in [2.45, 2.75) is 6.92 Å². The van der Waals surface area contributed by atoms with Crippen molar-refractivity contribution >= 4 is 17.5 Å². The molecule has 8 heteroatoms. The van der Waals surface area contributed by atoms with E-state index in [-0.39, 0.29) is 11.3 Å². The molecule has 0 aliphatic carbocycles. The van der Waals surface area contributed by atoms with Crippen LogP contribution < -0.4 is 10.9 Å². The highest BCUT2D eigenvalue weighted by atomic mass is 16.6. The first-order valence-corrected chi connectivity index (χ1v) is 6.25. The molecule has 0 saturated carbocycles. The SMILES string of the molecule is Cc1cc(C(=O)NNC(=O)c2cccnc2)ccc1[N+](=O)[O-]. The highest BCUT2D eigenvalue weighted by molar-refractivity contribution is 5.99. The molecule has 1 aromatic carbocycles. The number of aromatic nitrogens is 1. The third kappa shape index (κ3) is 3.42. The molecule has 112 valence electrons. The van der Waals surface area contributed by atoms with Gasteiger partial charge in [0.15, 0.2) is 0 Å². The summed E-state index contributed by atoms with van der Waals surface area (Å²) in [6, 6.07) is 7.08. The van der Waals surface area contributed by atoms with E-state index < -0.39 is 16.7 Å². The molecule has 2 N–H and O–H groups in total. The van der Waals surface area contributed by atoms with Crippen LogP contribution in [0.15, 0.2) is 42.7 Å². The third-order valence-corrected chi connectivity index (χ3v) is 2.87. The summed E-state index contributed by atoms with van der Waals surface area (Å²) in [4.78, 5) is 37.6. The minimum Gasteiger partial charge on any atom is -0.267 e. The molecule has 0 spiro atoms. The van der Waals surface area contributed by atoms with Crippen molar-refractivity contribution in [3.8, 4) is 0 Å². The van der Waals surface area contributed by atoms with Gasteiger partial charge in [0.1, 0.15) is 0 Å². The van der Waals surface area contributed by atoms with Gasteiger partial charge in [-0.3, -0.25) is 35.5 Å². The third-order valence-electron chi connectivity index (χ3n) is 2.87. The second-order valence-corrected chi connectivity index (χ2v) is 4.41. The van der Waals surface area contributed by atoms with Gasteiger partial charge < -0.3 is 0 Å². The van der Waals surface area contributed by atoms with E-state index >= 15 is 0 Å². The summed E-state index contributed by atoms with van der Waals surface area (Å²) in [7, 11) is 0. The predicted octanol–water partition coefficient (Wildman–Crippen LogP) is 1.37. The first kappa shape index (κ1) is 15.1. The summed E-state index contributed by atoms with van der Waals surface area (Å²) in [5.41, 5.74) is 5.26. The first-order chi connectivity index (χ1) is 10.5. The summed E-state index contributed by atoms with van der Waals surface area (Å²) in [5, 5.41) is 10.7. The maximum absolute atomic E-state index is 11.9. The Morgan fingerprint density at radius 1 is 1.14 bits per heavy atom. The molecule has 1 heterocycles. The molecule has 0 aliphatic rings. The Hall–Kier alpha value is -3.29. The molecule has 8 nitrogen and oxygen atoms in total. The molecule has 0 saturated heterocycles. The van der Waals surface area contributed by atoms with Crippen molar-refractivity contribution in [3.63, 3.8) is 0 Å². The van der Waals surface area contributed by atoms with Crippen LogP contribution in [0.25, 0.3) is 0 Å². The lowest BCUT2D eigenvalue weighted by Gasteiger charge is -2.07. The quantitative estimate of drug-likeness (QED) is 0.656. The number of benzene rings is 1. The van der Waals surface area contributed by atoms with Crippen LogP contribution in [-0.2, 0) is 0 Å². The smallest absolute Gasteiger partial charge is 0.267 e. The maximum atomic E-state index is 11.9. The van der Waals surface area contributed by atoms with Gasteiger partial charge in [0.05, 0.1) is 10.5 Å². The number of hydrogen-bond donors (Lipinski definition) is 2. The Kier molecular flexibility index (Phi) is 4.42. The van der Waals surface area contributed by atoms with Crippen molar-refractivity contribution in [1.82, 2.24) is 15.8 Å². The van der Waals surface area contributed by atoms with Gasteiger partial charge in [0.25, 0.3) is 17.5 Å². The predicted molar refractivity (Wildman–Crippen MR) is 77.0 cm³/mol. The molecule has 0 aliphatic heterocycles. The minimum atomic E-state index is -0.574. The molecular formula is C14H12N4O4. The second kappa shape index (κ2) is 6.44. The highest BCUT2D eigenvalue weighted by Crippen LogP contribution is 2.18. The maximum Gasteiger partial charge on any atom is 0.272 e. The lowest BCUT2D eigenvalue weighted by Crippen LogP contribution is -2.41. The van der Waals surface area contributed by atoms with Gasteiger partial charge in [0, 0.05) is 29.6 Å². The summed E-state index contributed by atoms with van der Waals surface area (Å²) in [6.07, 6.45) is 2.88. The molecule has 0 fully saturated rings. The van der Waals surface area contributed by atoms with Gasteiger partial charge in [-0.15, -0.1) is 0 Å². The molecule has 0 atom stereocenters. The van der Waals surface area contributed by atoms with Crippen LogP contribution in [0.1, 0.15) is 26.3 Å². The fourth-order valence-electron chi connectivity index (χ4n) is 1.76. The van der Waals surface area contributed by atoms with Crippen LogP contribution in [0.2, 0.25) is 0 Å². The lowest BCUT2D eigenvalue weighted by molar-refractivity contribution is -0.385. The number of nitrogens with zero attached hydrogens (tertiary/aromatic N) is 2. The van der Waals surface area contributed by atoms with Crippen LogP contribution >= 0.6 is 0 Å². The van der Waals surface area contributed by atoms with E-state index in [9.17, 15) is 19.7 Å². The highest BCUT2D eigenvalue weighted by Gasteiger charge is 2.14. The topological polar surface area (TPSA) is 114 Å². The lowest BCUT2D eigenvalue weighted by atomic mass is 10.1. The number of carbonyl (C=O) groups is 2. The second-order valence-electron chi connectivity index (χ2n) is 4.41. The van der Waals surface area contributed by atoms with Crippen LogP contribution in [0.3, 0.4) is 0 Å². The Morgan fingerprint density at radius 2 is 1.82 bits per heavy atom.